The standard InChI is InChI=1S/C9H10FNOS/c1-6(2)9(12)7-3-4-8(13-10)11-5-7/h3-6H,1-2H3. The van der Waals surface area contributed by atoms with Gasteiger partial charge in [-0.1, -0.05) is 13.8 Å². The molecule has 4 heteroatoms. The number of nitrogens with zero attached hydrogens (tertiary/aromatic N) is 1. The average Bonchev–Trinajstić information content (AvgIpc) is 2.17. The van der Waals surface area contributed by atoms with Gasteiger partial charge in [-0.2, -0.15) is 3.89 Å². The van der Waals surface area contributed by atoms with E-state index < -0.39 is 0 Å². The Morgan fingerprint density at radius 3 is 2.62 bits per heavy atom. The molecule has 0 aliphatic carbocycles. The number of hydrogen-bond acceptors (Lipinski definition) is 3. The van der Waals surface area contributed by atoms with E-state index in [1.807, 2.05) is 13.8 Å². The number of carbonyl (C=O) groups is 1. The van der Waals surface area contributed by atoms with Crippen LogP contribution in [-0.2, 0) is 0 Å². The number of pyridine rings is 1. The van der Waals surface area contributed by atoms with E-state index in [1.165, 1.54) is 12.3 Å². The smallest absolute Gasteiger partial charge is 0.166 e. The largest absolute Gasteiger partial charge is 0.294 e. The number of Topliss-reactive ketones (excluding diaryl/α,β-unsaturated/α-hetero) is 1. The van der Waals surface area contributed by atoms with Crippen molar-refractivity contribution < 1.29 is 8.68 Å². The topological polar surface area (TPSA) is 30.0 Å². The van der Waals surface area contributed by atoms with Gasteiger partial charge in [0.25, 0.3) is 0 Å². The van der Waals surface area contributed by atoms with Gasteiger partial charge in [0, 0.05) is 17.7 Å². The monoisotopic (exact) mass is 199 g/mol. The minimum absolute atomic E-state index is 0.0305. The molecule has 0 bridgehead atoms. The predicted octanol–water partition coefficient (Wildman–Crippen LogP) is 2.90. The maximum Gasteiger partial charge on any atom is 0.166 e. The number of aromatic nitrogens is 1. The first kappa shape index (κ1) is 10.2. The van der Waals surface area contributed by atoms with Gasteiger partial charge in [0.05, 0.1) is 0 Å². The molecular formula is C9H10FNOS. The van der Waals surface area contributed by atoms with Crippen LogP contribution in [0.15, 0.2) is 23.4 Å². The second-order valence-electron chi connectivity index (χ2n) is 2.98. The van der Waals surface area contributed by atoms with Gasteiger partial charge in [-0.25, -0.2) is 4.98 Å². The summed E-state index contributed by atoms with van der Waals surface area (Å²) >= 11 is 0.0752. The summed E-state index contributed by atoms with van der Waals surface area (Å²) in [4.78, 5) is 15.2. The van der Waals surface area contributed by atoms with Gasteiger partial charge in [0.1, 0.15) is 17.2 Å². The summed E-state index contributed by atoms with van der Waals surface area (Å²) in [6.45, 7) is 3.64. The van der Waals surface area contributed by atoms with Gasteiger partial charge < -0.3 is 0 Å². The fraction of sp³-hybridized carbons (Fsp3) is 0.333. The Hall–Kier alpha value is -0.900. The van der Waals surface area contributed by atoms with Gasteiger partial charge in [-0.3, -0.25) is 4.79 Å². The molecule has 2 nitrogen and oxygen atoms in total. The molecule has 0 aromatic carbocycles. The SMILES string of the molecule is CC(C)C(=O)c1ccc(SF)nc1. The van der Waals surface area contributed by atoms with E-state index in [2.05, 4.69) is 4.98 Å². The first-order valence-corrected chi connectivity index (χ1v) is 4.65. The number of halogens is 1. The van der Waals surface area contributed by atoms with Crippen molar-refractivity contribution in [1.29, 1.82) is 0 Å². The van der Waals surface area contributed by atoms with Crippen molar-refractivity contribution in [2.24, 2.45) is 5.92 Å². The molecule has 0 aliphatic rings. The van der Waals surface area contributed by atoms with E-state index in [9.17, 15) is 8.68 Å². The molecule has 0 spiro atoms. The first-order valence-electron chi connectivity index (χ1n) is 3.94. The Kier molecular flexibility index (Phi) is 3.42. The third kappa shape index (κ3) is 2.52. The maximum absolute atomic E-state index is 12.0. The molecule has 0 amide bonds. The Morgan fingerprint density at radius 1 is 1.54 bits per heavy atom. The third-order valence-electron chi connectivity index (χ3n) is 1.62. The van der Waals surface area contributed by atoms with Gasteiger partial charge >= 0.3 is 0 Å². The zero-order valence-electron chi connectivity index (χ0n) is 7.45. The van der Waals surface area contributed by atoms with Gasteiger partial charge in [-0.05, 0) is 12.1 Å². The van der Waals surface area contributed by atoms with Crippen LogP contribution in [0.4, 0.5) is 3.89 Å². The molecule has 0 radical (unpaired) electrons. The summed E-state index contributed by atoms with van der Waals surface area (Å²) in [5, 5.41) is 0.278. The van der Waals surface area contributed by atoms with Crippen molar-refractivity contribution in [3.8, 4) is 0 Å². The van der Waals surface area contributed by atoms with Crippen LogP contribution in [0.25, 0.3) is 0 Å². The lowest BCUT2D eigenvalue weighted by Crippen LogP contribution is -2.07. The van der Waals surface area contributed by atoms with Crippen LogP contribution in [0.5, 0.6) is 0 Å². The predicted molar refractivity (Wildman–Crippen MR) is 50.4 cm³/mol. The lowest BCUT2D eigenvalue weighted by atomic mass is 10.0. The van der Waals surface area contributed by atoms with E-state index in [-0.39, 0.29) is 28.9 Å². The third-order valence-corrected chi connectivity index (χ3v) is 2.02. The molecule has 1 heterocycles. The number of rotatable bonds is 3. The van der Waals surface area contributed by atoms with Crippen LogP contribution >= 0.6 is 12.1 Å². The fourth-order valence-electron chi connectivity index (χ4n) is 0.905. The average molecular weight is 199 g/mol. The van der Waals surface area contributed by atoms with Gasteiger partial charge in [0.2, 0.25) is 0 Å². The zero-order valence-corrected chi connectivity index (χ0v) is 8.27. The molecule has 70 valence electrons. The van der Waals surface area contributed by atoms with Crippen molar-refractivity contribution in [2.45, 2.75) is 18.9 Å². The van der Waals surface area contributed by atoms with E-state index in [1.54, 1.807) is 6.07 Å². The molecule has 0 aliphatic heterocycles. The summed E-state index contributed by atoms with van der Waals surface area (Å²) in [7, 11) is 0. The molecular weight excluding hydrogens is 189 g/mol. The van der Waals surface area contributed by atoms with Crippen LogP contribution in [-0.4, -0.2) is 10.8 Å². The van der Waals surface area contributed by atoms with Crippen molar-refractivity contribution in [3.63, 3.8) is 0 Å². The second-order valence-corrected chi connectivity index (χ2v) is 3.55. The highest BCUT2D eigenvalue weighted by Gasteiger charge is 2.10. The van der Waals surface area contributed by atoms with E-state index >= 15 is 0 Å². The zero-order chi connectivity index (χ0) is 9.84. The fourth-order valence-corrected chi connectivity index (χ4v) is 1.12. The van der Waals surface area contributed by atoms with Crippen LogP contribution in [0, 0.1) is 5.92 Å². The molecule has 13 heavy (non-hydrogen) atoms. The van der Waals surface area contributed by atoms with E-state index in [4.69, 9.17) is 0 Å². The van der Waals surface area contributed by atoms with E-state index in [0.717, 1.165) is 0 Å². The highest BCUT2D eigenvalue weighted by molar-refractivity contribution is 7.94. The lowest BCUT2D eigenvalue weighted by molar-refractivity contribution is 0.0939. The summed E-state index contributed by atoms with van der Waals surface area (Å²) in [6, 6.07) is 3.09. The van der Waals surface area contributed by atoms with Crippen LogP contribution in [0.1, 0.15) is 24.2 Å². The van der Waals surface area contributed by atoms with Crippen molar-refractivity contribution in [3.05, 3.63) is 23.9 Å². The van der Waals surface area contributed by atoms with Crippen LogP contribution < -0.4 is 0 Å². The molecule has 1 aromatic rings. The molecule has 0 N–H and O–H groups in total. The molecule has 0 unspecified atom stereocenters. The maximum atomic E-state index is 12.0. The number of ketones is 1. The molecule has 0 atom stereocenters. The van der Waals surface area contributed by atoms with Gasteiger partial charge in [-0.15, -0.1) is 0 Å². The highest BCUT2D eigenvalue weighted by Crippen LogP contribution is 2.16. The highest BCUT2D eigenvalue weighted by atomic mass is 32.2. The van der Waals surface area contributed by atoms with Gasteiger partial charge in [0.15, 0.2) is 5.78 Å². The lowest BCUT2D eigenvalue weighted by Gasteiger charge is -2.02. The summed E-state index contributed by atoms with van der Waals surface area (Å²) < 4.78 is 12.0. The van der Waals surface area contributed by atoms with Crippen molar-refractivity contribution >= 4 is 17.9 Å². The Labute approximate surface area is 80.9 Å². The molecule has 0 fully saturated rings. The molecule has 1 rings (SSSR count). The number of carbonyl (C=O) groups excluding carboxylic acids is 1. The summed E-state index contributed by atoms with van der Waals surface area (Å²) in [6.07, 6.45) is 1.41. The van der Waals surface area contributed by atoms with Crippen LogP contribution in [0.2, 0.25) is 0 Å². The molecule has 0 saturated heterocycles. The Balaban J connectivity index is 2.86. The number of hydrogen-bond donors (Lipinski definition) is 0. The Morgan fingerprint density at radius 2 is 2.23 bits per heavy atom. The van der Waals surface area contributed by atoms with Crippen LogP contribution in [0.3, 0.4) is 0 Å². The first-order chi connectivity index (χ1) is 6.15. The normalized spacial score (nSPS) is 10.5. The van der Waals surface area contributed by atoms with Crippen molar-refractivity contribution in [2.75, 3.05) is 0 Å². The second kappa shape index (κ2) is 4.37. The summed E-state index contributed by atoms with van der Waals surface area (Å²) in [5.74, 6) is -0.0198. The minimum Gasteiger partial charge on any atom is -0.294 e. The minimum atomic E-state index is -0.0503. The molecule has 0 saturated carbocycles. The van der Waals surface area contributed by atoms with Crippen molar-refractivity contribution in [1.82, 2.24) is 4.98 Å². The molecule has 1 aromatic heterocycles. The quantitative estimate of drug-likeness (QED) is 0.701. The summed E-state index contributed by atoms with van der Waals surface area (Å²) in [5.41, 5.74) is 0.535. The Bertz CT molecular complexity index is 297. The van der Waals surface area contributed by atoms with E-state index in [0.29, 0.717) is 5.56 Å².